The Kier molecular flexibility index (Phi) is 11.8. The second-order valence-corrected chi connectivity index (χ2v) is 9.31. The van der Waals surface area contributed by atoms with Crippen molar-refractivity contribution in [1.82, 2.24) is 15.2 Å². The van der Waals surface area contributed by atoms with E-state index < -0.39 is 5.97 Å². The van der Waals surface area contributed by atoms with Gasteiger partial charge in [0.25, 0.3) is 11.1 Å². The zero-order chi connectivity index (χ0) is 24.9. The van der Waals surface area contributed by atoms with Crippen LogP contribution in [0.4, 0.5) is 0 Å². The molecule has 0 bridgehead atoms. The van der Waals surface area contributed by atoms with Gasteiger partial charge in [0.2, 0.25) is 0 Å². The molecule has 8 heteroatoms. The van der Waals surface area contributed by atoms with E-state index in [1.54, 1.807) is 0 Å². The fourth-order valence-electron chi connectivity index (χ4n) is 3.63. The minimum atomic E-state index is -0.440. The number of thiazole rings is 1. The first-order valence-corrected chi connectivity index (χ1v) is 12.5. The predicted octanol–water partition coefficient (Wildman–Crippen LogP) is 4.80. The molecule has 186 valence electrons. The molecule has 0 radical (unpaired) electrons. The molecule has 0 atom stereocenters. The molecule has 7 nitrogen and oxygen atoms in total. The van der Waals surface area contributed by atoms with Gasteiger partial charge in [-0.2, -0.15) is 0 Å². The molecule has 2 rings (SSSR count). The van der Waals surface area contributed by atoms with Gasteiger partial charge in [-0.15, -0.1) is 0 Å². The number of ether oxygens (including phenoxy) is 2. The molecule has 34 heavy (non-hydrogen) atoms. The summed E-state index contributed by atoms with van der Waals surface area (Å²) in [4.78, 5) is 30.6. The second kappa shape index (κ2) is 14.5. The van der Waals surface area contributed by atoms with Crippen molar-refractivity contribution in [2.24, 2.45) is 0 Å². The average molecular weight is 488 g/mol. The molecule has 1 N–H and O–H groups in total. The van der Waals surface area contributed by atoms with Crippen LogP contribution >= 0.6 is 11.3 Å². The summed E-state index contributed by atoms with van der Waals surface area (Å²) < 4.78 is 10.6. The van der Waals surface area contributed by atoms with Crippen LogP contribution in [0.3, 0.4) is 0 Å². The first-order valence-electron chi connectivity index (χ1n) is 11.7. The molecule has 2 heterocycles. The maximum Gasteiger partial charge on any atom is 0.303 e. The van der Waals surface area contributed by atoms with Crippen molar-refractivity contribution in [3.05, 3.63) is 52.8 Å². The summed E-state index contributed by atoms with van der Waals surface area (Å²) in [7, 11) is 0. The molecule has 0 aromatic carbocycles. The fourth-order valence-corrected chi connectivity index (χ4v) is 4.57. The molecule has 0 unspecified atom stereocenters. The zero-order valence-corrected chi connectivity index (χ0v) is 21.6. The number of hydrogen-bond acceptors (Lipinski definition) is 7. The minimum Gasteiger partial charge on any atom is -0.456 e. The number of carbonyl (C=O) groups is 2. The van der Waals surface area contributed by atoms with Crippen LogP contribution in [0, 0.1) is 6.92 Å². The van der Waals surface area contributed by atoms with Gasteiger partial charge in [0.05, 0.1) is 10.6 Å². The van der Waals surface area contributed by atoms with Crippen molar-refractivity contribution < 1.29 is 19.1 Å². The van der Waals surface area contributed by atoms with E-state index in [0.717, 1.165) is 61.6 Å². The van der Waals surface area contributed by atoms with Crippen LogP contribution in [0.15, 0.2) is 42.2 Å². The fraction of sp³-hybridized carbons (Fsp3) is 0.500. The van der Waals surface area contributed by atoms with Crippen LogP contribution in [-0.2, 0) is 14.3 Å². The molecule has 0 spiro atoms. The summed E-state index contributed by atoms with van der Waals surface area (Å²) in [6.07, 6.45) is 13.7. The van der Waals surface area contributed by atoms with Crippen molar-refractivity contribution in [1.29, 1.82) is 0 Å². The Morgan fingerprint density at radius 2 is 2.00 bits per heavy atom. The number of likely N-dealkylation sites (tertiary alicyclic amines) is 1. The van der Waals surface area contributed by atoms with Crippen LogP contribution in [0.1, 0.15) is 57.0 Å². The topological polar surface area (TPSA) is 80.8 Å². The lowest BCUT2D eigenvalue weighted by atomic mass is 10.0. The quantitative estimate of drug-likeness (QED) is 0.259. The summed E-state index contributed by atoms with van der Waals surface area (Å²) in [5.74, 6) is 0.118. The van der Waals surface area contributed by atoms with Gasteiger partial charge in [0.15, 0.2) is 6.61 Å². The van der Waals surface area contributed by atoms with E-state index in [1.165, 1.54) is 23.8 Å². The van der Waals surface area contributed by atoms with E-state index in [4.69, 9.17) is 9.47 Å². The highest BCUT2D eigenvalue weighted by molar-refractivity contribution is 7.14. The van der Waals surface area contributed by atoms with Crippen molar-refractivity contribution in [3.8, 4) is 5.19 Å². The number of aryl methyl sites for hydroxylation is 1. The number of piperidine rings is 1. The lowest BCUT2D eigenvalue weighted by molar-refractivity contribution is -0.146. The Labute approximate surface area is 207 Å². The van der Waals surface area contributed by atoms with Gasteiger partial charge < -0.3 is 19.7 Å². The lowest BCUT2D eigenvalue weighted by Crippen LogP contribution is -2.45. The smallest absolute Gasteiger partial charge is 0.303 e. The largest absolute Gasteiger partial charge is 0.456 e. The third kappa shape index (κ3) is 10.1. The molecule has 1 amide bonds. The van der Waals surface area contributed by atoms with E-state index >= 15 is 0 Å². The molecule has 1 aromatic rings. The molecule has 1 saturated heterocycles. The van der Waals surface area contributed by atoms with Gasteiger partial charge in [-0.05, 0) is 70.7 Å². The number of aromatic nitrogens is 1. The molecule has 1 fully saturated rings. The number of carbonyl (C=O) groups excluding carboxylic acids is 2. The van der Waals surface area contributed by atoms with E-state index in [9.17, 15) is 9.59 Å². The Hall–Kier alpha value is -2.71. The Bertz CT molecular complexity index is 924. The van der Waals surface area contributed by atoms with Crippen LogP contribution in [0.2, 0.25) is 0 Å². The molecular formula is C26H37N3O4S. The Morgan fingerprint density at radius 1 is 1.26 bits per heavy atom. The summed E-state index contributed by atoms with van der Waals surface area (Å²) in [6.45, 7) is 13.8. The summed E-state index contributed by atoms with van der Waals surface area (Å²) >= 11 is 1.54. The number of hydrogen-bond donors (Lipinski definition) is 1. The highest BCUT2D eigenvalue weighted by Gasteiger charge is 2.20. The van der Waals surface area contributed by atoms with Crippen molar-refractivity contribution in [2.45, 2.75) is 59.4 Å². The average Bonchev–Trinajstić information content (AvgIpc) is 3.14. The van der Waals surface area contributed by atoms with Crippen molar-refractivity contribution >= 4 is 29.3 Å². The van der Waals surface area contributed by atoms with Crippen molar-refractivity contribution in [2.75, 3.05) is 26.2 Å². The molecule has 1 aliphatic heterocycles. The van der Waals surface area contributed by atoms with E-state index in [2.05, 4.69) is 27.9 Å². The lowest BCUT2D eigenvalue weighted by Gasteiger charge is -2.32. The number of esters is 1. The Balaban J connectivity index is 1.72. The number of nitrogens with one attached hydrogen (secondary N) is 1. The van der Waals surface area contributed by atoms with Crippen LogP contribution < -0.4 is 10.1 Å². The van der Waals surface area contributed by atoms with Gasteiger partial charge in [-0.25, -0.2) is 4.98 Å². The number of nitrogens with zero attached hydrogens (tertiary/aromatic N) is 2. The highest BCUT2D eigenvalue weighted by atomic mass is 32.1. The van der Waals surface area contributed by atoms with Gasteiger partial charge >= 0.3 is 5.97 Å². The van der Waals surface area contributed by atoms with E-state index in [-0.39, 0.29) is 18.6 Å². The molecule has 1 aromatic heterocycles. The SMILES string of the molecule is C=C/C(=C\C=C(/C)Oc1nc(C)c(/C=C\C)s1)CCCN1CCC(NC(=O)COC(C)=O)CC1. The maximum absolute atomic E-state index is 11.8. The summed E-state index contributed by atoms with van der Waals surface area (Å²) in [5, 5.41) is 3.59. The zero-order valence-electron chi connectivity index (χ0n) is 20.8. The monoisotopic (exact) mass is 487 g/mol. The molecule has 0 aliphatic carbocycles. The van der Waals surface area contributed by atoms with Gasteiger partial charge in [0.1, 0.15) is 5.76 Å². The van der Waals surface area contributed by atoms with Crippen LogP contribution in [-0.4, -0.2) is 54.0 Å². The molecular weight excluding hydrogens is 450 g/mol. The van der Waals surface area contributed by atoms with E-state index in [0.29, 0.717) is 5.19 Å². The summed E-state index contributed by atoms with van der Waals surface area (Å²) in [5.41, 5.74) is 2.14. The van der Waals surface area contributed by atoms with Gasteiger partial charge in [-0.3, -0.25) is 9.59 Å². The van der Waals surface area contributed by atoms with E-state index in [1.807, 2.05) is 45.1 Å². The first-order chi connectivity index (χ1) is 16.3. The van der Waals surface area contributed by atoms with Crippen LogP contribution in [0.25, 0.3) is 6.08 Å². The summed E-state index contributed by atoms with van der Waals surface area (Å²) in [6, 6.07) is 0.145. The minimum absolute atomic E-state index is 0.145. The number of amides is 1. The third-order valence-electron chi connectivity index (χ3n) is 5.47. The third-order valence-corrected chi connectivity index (χ3v) is 6.47. The first kappa shape index (κ1) is 27.5. The predicted molar refractivity (Wildman–Crippen MR) is 138 cm³/mol. The molecule has 1 aliphatic rings. The standard InChI is InChI=1S/C26H37N3O4S/c1-6-9-24-20(4)27-26(34-24)33-19(3)11-12-22(7-2)10-8-15-29-16-13-23(14-17-29)28-25(31)18-32-21(5)30/h6-7,9,11-12,23H,2,8,10,13-18H2,1,3-5H3,(H,28,31)/b9-6-,19-11+,22-12+. The van der Waals surface area contributed by atoms with Crippen molar-refractivity contribution in [3.63, 3.8) is 0 Å². The Morgan fingerprint density at radius 3 is 2.65 bits per heavy atom. The normalized spacial score (nSPS) is 16.0. The van der Waals surface area contributed by atoms with Gasteiger partial charge in [0, 0.05) is 26.1 Å². The number of allylic oxidation sites excluding steroid dienone is 6. The van der Waals surface area contributed by atoms with Crippen LogP contribution in [0.5, 0.6) is 5.19 Å². The molecule has 0 saturated carbocycles. The highest BCUT2D eigenvalue weighted by Crippen LogP contribution is 2.27. The maximum atomic E-state index is 11.8. The second-order valence-electron chi connectivity index (χ2n) is 8.32. The van der Waals surface area contributed by atoms with Gasteiger partial charge in [-0.1, -0.05) is 36.1 Å². The number of rotatable bonds is 12.